The second kappa shape index (κ2) is 9.85. The third kappa shape index (κ3) is 6.39. The first-order valence-corrected chi connectivity index (χ1v) is 10.6. The van der Waals surface area contributed by atoms with Crippen molar-refractivity contribution >= 4 is 11.7 Å². The number of carbonyl (C=O) groups excluding carboxylic acids is 1. The molecule has 1 heterocycles. The van der Waals surface area contributed by atoms with Gasteiger partial charge in [0.25, 0.3) is 0 Å². The van der Waals surface area contributed by atoms with Crippen molar-refractivity contribution in [3.63, 3.8) is 0 Å². The molecule has 30 heavy (non-hydrogen) atoms. The molecule has 3 rings (SSSR count). The third-order valence-electron chi connectivity index (χ3n) is 5.18. The van der Waals surface area contributed by atoms with Crippen molar-refractivity contribution in [1.29, 1.82) is 5.53 Å². The highest BCUT2D eigenvalue weighted by molar-refractivity contribution is 5.72. The number of carbonyl (C=O) groups is 1. The third-order valence-corrected chi connectivity index (χ3v) is 5.18. The van der Waals surface area contributed by atoms with E-state index >= 15 is 0 Å². The van der Waals surface area contributed by atoms with Crippen molar-refractivity contribution in [2.75, 3.05) is 44.2 Å². The lowest BCUT2D eigenvalue weighted by Crippen LogP contribution is -2.48. The Bertz CT molecular complexity index is 833. The van der Waals surface area contributed by atoms with Gasteiger partial charge in [0, 0.05) is 31.9 Å². The van der Waals surface area contributed by atoms with Gasteiger partial charge >= 0.3 is 5.97 Å². The number of nitrogens with one attached hydrogen (secondary N) is 1. The molecule has 0 spiro atoms. The van der Waals surface area contributed by atoms with E-state index in [0.29, 0.717) is 13.1 Å². The summed E-state index contributed by atoms with van der Waals surface area (Å²) in [6.45, 7) is 10.1. The van der Waals surface area contributed by atoms with E-state index in [-0.39, 0.29) is 5.97 Å². The van der Waals surface area contributed by atoms with Gasteiger partial charge in [-0.25, -0.2) is 5.53 Å². The molecule has 2 aromatic carbocycles. The molecular formula is C24H32N4O2. The molecule has 160 valence electrons. The number of rotatable bonds is 7. The molecule has 0 bridgehead atoms. The van der Waals surface area contributed by atoms with Crippen molar-refractivity contribution in [2.24, 2.45) is 5.11 Å². The van der Waals surface area contributed by atoms with Crippen LogP contribution in [0.25, 0.3) is 11.1 Å². The molecule has 6 nitrogen and oxygen atoms in total. The Hall–Kier alpha value is -2.73. The Morgan fingerprint density at radius 1 is 0.967 bits per heavy atom. The summed E-state index contributed by atoms with van der Waals surface area (Å²) in [6.07, 6.45) is 0.808. The molecule has 1 aliphatic rings. The summed E-state index contributed by atoms with van der Waals surface area (Å²) < 4.78 is 5.43. The number of nitrogens with zero attached hydrogens (tertiary/aromatic N) is 3. The second-order valence-electron chi connectivity index (χ2n) is 8.73. The first-order chi connectivity index (χ1) is 14.3. The van der Waals surface area contributed by atoms with Crippen LogP contribution >= 0.6 is 0 Å². The van der Waals surface area contributed by atoms with Gasteiger partial charge in [0.1, 0.15) is 5.60 Å². The predicted octanol–water partition coefficient (Wildman–Crippen LogP) is 4.39. The molecule has 6 heteroatoms. The number of esters is 1. The smallest absolute Gasteiger partial charge is 0.320 e. The van der Waals surface area contributed by atoms with Gasteiger partial charge in [0.2, 0.25) is 0 Å². The van der Waals surface area contributed by atoms with Crippen molar-refractivity contribution in [3.8, 4) is 11.1 Å². The molecule has 1 N–H and O–H groups in total. The average molecular weight is 409 g/mol. The van der Waals surface area contributed by atoms with E-state index in [1.807, 2.05) is 20.8 Å². The molecule has 0 unspecified atom stereocenters. The zero-order chi connectivity index (χ0) is 21.6. The van der Waals surface area contributed by atoms with Gasteiger partial charge in [-0.1, -0.05) is 36.4 Å². The fourth-order valence-corrected chi connectivity index (χ4v) is 3.63. The number of ether oxygens (including phenoxy) is 1. The van der Waals surface area contributed by atoms with Crippen LogP contribution in [0.15, 0.2) is 53.6 Å². The van der Waals surface area contributed by atoms with Crippen LogP contribution in [0.1, 0.15) is 26.3 Å². The zero-order valence-electron chi connectivity index (χ0n) is 18.2. The van der Waals surface area contributed by atoms with Crippen molar-refractivity contribution < 1.29 is 9.53 Å². The van der Waals surface area contributed by atoms with Crippen LogP contribution in [0, 0.1) is 5.53 Å². The summed E-state index contributed by atoms with van der Waals surface area (Å²) in [5.74, 6) is -0.152. The largest absolute Gasteiger partial charge is 0.459 e. The number of hydrogen-bond donors (Lipinski definition) is 1. The summed E-state index contributed by atoms with van der Waals surface area (Å²) >= 11 is 0. The van der Waals surface area contributed by atoms with Gasteiger partial charge in [-0.3, -0.25) is 9.69 Å². The fourth-order valence-electron chi connectivity index (χ4n) is 3.63. The van der Waals surface area contributed by atoms with Crippen LogP contribution in [0.3, 0.4) is 0 Å². The molecule has 0 aromatic heterocycles. The van der Waals surface area contributed by atoms with E-state index in [9.17, 15) is 4.79 Å². The van der Waals surface area contributed by atoms with E-state index in [4.69, 9.17) is 10.3 Å². The fraction of sp³-hybridized carbons (Fsp3) is 0.458. The molecule has 0 radical (unpaired) electrons. The lowest BCUT2D eigenvalue weighted by Gasteiger charge is -2.36. The maximum Gasteiger partial charge on any atom is 0.320 e. The number of hydrogen-bond acceptors (Lipinski definition) is 6. The summed E-state index contributed by atoms with van der Waals surface area (Å²) in [5.41, 5.74) is 11.3. The first-order valence-electron chi connectivity index (χ1n) is 10.6. The molecule has 0 saturated carbocycles. The van der Waals surface area contributed by atoms with Crippen LogP contribution in [0.2, 0.25) is 0 Å². The van der Waals surface area contributed by atoms with E-state index in [2.05, 4.69) is 63.4 Å². The van der Waals surface area contributed by atoms with Gasteiger partial charge < -0.3 is 9.64 Å². The van der Waals surface area contributed by atoms with E-state index in [0.717, 1.165) is 32.6 Å². The van der Waals surface area contributed by atoms with Crippen LogP contribution in [0.4, 0.5) is 5.69 Å². The normalized spacial score (nSPS) is 15.1. The van der Waals surface area contributed by atoms with E-state index in [1.54, 1.807) is 0 Å². The summed E-state index contributed by atoms with van der Waals surface area (Å²) in [5, 5.41) is 3.42. The summed E-state index contributed by atoms with van der Waals surface area (Å²) in [4.78, 5) is 16.6. The maximum atomic E-state index is 12.0. The highest BCUT2D eigenvalue weighted by Crippen LogP contribution is 2.24. The van der Waals surface area contributed by atoms with E-state index in [1.165, 1.54) is 22.4 Å². The zero-order valence-corrected chi connectivity index (χ0v) is 18.2. The average Bonchev–Trinajstić information content (AvgIpc) is 2.72. The lowest BCUT2D eigenvalue weighted by molar-refractivity contribution is -0.156. The minimum atomic E-state index is -0.432. The van der Waals surface area contributed by atoms with Crippen LogP contribution < -0.4 is 4.90 Å². The van der Waals surface area contributed by atoms with E-state index < -0.39 is 5.60 Å². The highest BCUT2D eigenvalue weighted by atomic mass is 16.6. The SMILES string of the molecule is CC(C)(C)OC(=O)CN1CCN(c2ccc(-c3ccc(CCN=N)cc3)cc2)CC1. The van der Waals surface area contributed by atoms with Crippen molar-refractivity contribution in [1.82, 2.24) is 4.90 Å². The quantitative estimate of drug-likeness (QED) is 0.545. The predicted molar refractivity (Wildman–Crippen MR) is 120 cm³/mol. The molecule has 0 atom stereocenters. The lowest BCUT2D eigenvalue weighted by atomic mass is 10.0. The Balaban J connectivity index is 1.52. The van der Waals surface area contributed by atoms with Gasteiger partial charge in [-0.05, 0) is 56.0 Å². The minimum absolute atomic E-state index is 0.152. The number of piperazine rings is 1. The molecule has 1 saturated heterocycles. The standard InChI is InChI=1S/C24H32N4O2/c1-24(2,3)30-23(29)18-27-14-16-28(17-15-27)22-10-8-21(9-11-22)20-6-4-19(5-7-20)12-13-26-25/h4-11,25H,12-18H2,1-3H3. The number of benzene rings is 2. The van der Waals surface area contributed by atoms with Gasteiger partial charge in [-0.2, -0.15) is 5.11 Å². The molecular weight excluding hydrogens is 376 g/mol. The van der Waals surface area contributed by atoms with Crippen molar-refractivity contribution in [2.45, 2.75) is 32.8 Å². The van der Waals surface area contributed by atoms with Gasteiger partial charge in [0.15, 0.2) is 0 Å². The first kappa shape index (κ1) is 22.0. The molecule has 0 aliphatic carbocycles. The Labute approximate surface area is 179 Å². The summed E-state index contributed by atoms with van der Waals surface area (Å²) in [7, 11) is 0. The summed E-state index contributed by atoms with van der Waals surface area (Å²) in [6, 6.07) is 17.1. The Morgan fingerprint density at radius 2 is 1.53 bits per heavy atom. The minimum Gasteiger partial charge on any atom is -0.459 e. The topological polar surface area (TPSA) is 69.0 Å². The van der Waals surface area contributed by atoms with Gasteiger partial charge in [0.05, 0.1) is 13.1 Å². The second-order valence-corrected chi connectivity index (χ2v) is 8.73. The monoisotopic (exact) mass is 408 g/mol. The van der Waals surface area contributed by atoms with Crippen LogP contribution in [-0.4, -0.2) is 55.7 Å². The molecule has 2 aromatic rings. The highest BCUT2D eigenvalue weighted by Gasteiger charge is 2.22. The Kier molecular flexibility index (Phi) is 7.21. The van der Waals surface area contributed by atoms with Gasteiger partial charge in [-0.15, -0.1) is 0 Å². The van der Waals surface area contributed by atoms with Crippen LogP contribution in [0.5, 0.6) is 0 Å². The molecule has 0 amide bonds. The van der Waals surface area contributed by atoms with Crippen LogP contribution in [-0.2, 0) is 16.0 Å². The van der Waals surface area contributed by atoms with Crippen molar-refractivity contribution in [3.05, 3.63) is 54.1 Å². The maximum absolute atomic E-state index is 12.0. The molecule has 1 aliphatic heterocycles. The number of anilines is 1. The Morgan fingerprint density at radius 3 is 2.07 bits per heavy atom. The molecule has 1 fully saturated rings.